The molecular formula is C16H18N4O4S. The number of imide groups is 1. The van der Waals surface area contributed by atoms with Crippen molar-refractivity contribution in [2.24, 2.45) is 5.92 Å². The summed E-state index contributed by atoms with van der Waals surface area (Å²) in [5.41, 5.74) is 1.39. The van der Waals surface area contributed by atoms with Crippen LogP contribution in [-0.2, 0) is 9.53 Å². The highest BCUT2D eigenvalue weighted by atomic mass is 32.1. The molecule has 0 saturated heterocycles. The van der Waals surface area contributed by atoms with Crippen LogP contribution in [0.2, 0.25) is 0 Å². The summed E-state index contributed by atoms with van der Waals surface area (Å²) in [7, 11) is 1.62. The molecule has 1 heterocycles. The molecule has 3 amide bonds. The van der Waals surface area contributed by atoms with Gasteiger partial charge in [0.1, 0.15) is 12.1 Å². The molecule has 2 N–H and O–H groups in total. The number of carbonyl (C=O) groups excluding carboxylic acids is 2. The lowest BCUT2D eigenvalue weighted by Gasteiger charge is -2.32. The number of hydrogen-bond donors (Lipinski definition) is 2. The first-order valence-corrected chi connectivity index (χ1v) is 8.52. The van der Waals surface area contributed by atoms with Crippen molar-refractivity contribution >= 4 is 29.2 Å². The van der Waals surface area contributed by atoms with Crippen molar-refractivity contribution in [3.8, 4) is 10.9 Å². The van der Waals surface area contributed by atoms with Gasteiger partial charge in [-0.3, -0.25) is 10.1 Å². The molecule has 1 aliphatic rings. The number of urea groups is 1. The molecule has 0 spiro atoms. The zero-order valence-electron chi connectivity index (χ0n) is 13.8. The molecule has 1 aromatic carbocycles. The van der Waals surface area contributed by atoms with Gasteiger partial charge >= 0.3 is 6.03 Å². The van der Waals surface area contributed by atoms with E-state index in [1.54, 1.807) is 25.3 Å². The molecule has 3 rings (SSSR count). The zero-order valence-corrected chi connectivity index (χ0v) is 14.6. The second-order valence-electron chi connectivity index (χ2n) is 5.76. The van der Waals surface area contributed by atoms with Gasteiger partial charge in [-0.2, -0.15) is 9.36 Å². The Morgan fingerprint density at radius 1 is 1.32 bits per heavy atom. The van der Waals surface area contributed by atoms with E-state index in [1.807, 2.05) is 6.92 Å². The molecule has 0 radical (unpaired) electrons. The molecule has 0 aliphatic heterocycles. The second kappa shape index (κ2) is 7.58. The van der Waals surface area contributed by atoms with E-state index in [2.05, 4.69) is 20.0 Å². The SMILES string of the molecule is COC1CC(C(=O)NC(=O)Nc2ccc(Oc3ncns3)c(C)c2)C1. The van der Waals surface area contributed by atoms with Crippen molar-refractivity contribution in [2.45, 2.75) is 25.9 Å². The number of carbonyl (C=O) groups is 2. The van der Waals surface area contributed by atoms with Gasteiger partial charge in [0.15, 0.2) is 0 Å². The van der Waals surface area contributed by atoms with Crippen LogP contribution in [0.3, 0.4) is 0 Å². The number of ether oxygens (including phenoxy) is 2. The quantitative estimate of drug-likeness (QED) is 0.848. The van der Waals surface area contributed by atoms with Gasteiger partial charge in [-0.25, -0.2) is 4.79 Å². The van der Waals surface area contributed by atoms with Gasteiger partial charge in [0, 0.05) is 30.2 Å². The van der Waals surface area contributed by atoms with E-state index < -0.39 is 6.03 Å². The number of aromatic nitrogens is 2. The number of nitrogens with one attached hydrogen (secondary N) is 2. The van der Waals surface area contributed by atoms with Crippen LogP contribution in [0.15, 0.2) is 24.5 Å². The molecule has 1 fully saturated rings. The summed E-state index contributed by atoms with van der Waals surface area (Å²) >= 11 is 1.15. The number of aryl methyl sites for hydroxylation is 1. The Morgan fingerprint density at radius 2 is 2.12 bits per heavy atom. The van der Waals surface area contributed by atoms with Gasteiger partial charge in [0.25, 0.3) is 5.19 Å². The third kappa shape index (κ3) is 4.31. The maximum absolute atomic E-state index is 11.9. The standard InChI is InChI=1S/C16H18N4O4S/c1-9-5-11(3-4-13(9)24-16-17-8-18-25-16)19-15(22)20-14(21)10-6-12(7-10)23-2/h3-5,8,10,12H,6-7H2,1-2H3,(H2,19,20,21,22). The lowest BCUT2D eigenvalue weighted by atomic mass is 9.81. The minimum atomic E-state index is -0.553. The first-order chi connectivity index (χ1) is 12.0. The van der Waals surface area contributed by atoms with Crippen LogP contribution in [-0.4, -0.2) is 34.5 Å². The molecule has 1 saturated carbocycles. The smallest absolute Gasteiger partial charge is 0.325 e. The van der Waals surface area contributed by atoms with Gasteiger partial charge in [0.05, 0.1) is 6.10 Å². The van der Waals surface area contributed by atoms with Crippen LogP contribution >= 0.6 is 11.5 Å². The minimum absolute atomic E-state index is 0.113. The first-order valence-electron chi connectivity index (χ1n) is 7.75. The molecule has 1 aliphatic carbocycles. The number of nitrogens with zero attached hydrogens (tertiary/aromatic N) is 2. The molecular weight excluding hydrogens is 344 g/mol. The molecule has 2 aromatic rings. The molecule has 1 aromatic heterocycles. The normalized spacial score (nSPS) is 19.0. The predicted octanol–water partition coefficient (Wildman–Crippen LogP) is 2.71. The molecule has 0 bridgehead atoms. The number of benzene rings is 1. The second-order valence-corrected chi connectivity index (χ2v) is 6.50. The third-order valence-corrected chi connectivity index (χ3v) is 4.55. The number of methoxy groups -OCH3 is 1. The molecule has 8 nitrogen and oxygen atoms in total. The summed E-state index contributed by atoms with van der Waals surface area (Å²) in [6.07, 6.45) is 2.82. The van der Waals surface area contributed by atoms with Crippen molar-refractivity contribution in [1.82, 2.24) is 14.7 Å². The van der Waals surface area contributed by atoms with E-state index in [1.165, 1.54) is 6.33 Å². The Balaban J connectivity index is 1.53. The average Bonchev–Trinajstić information content (AvgIpc) is 3.02. The highest BCUT2D eigenvalue weighted by molar-refractivity contribution is 7.07. The number of rotatable bonds is 5. The molecule has 9 heteroatoms. The Hall–Kier alpha value is -2.52. The Kier molecular flexibility index (Phi) is 5.25. The maximum Gasteiger partial charge on any atom is 0.325 e. The molecule has 25 heavy (non-hydrogen) atoms. The summed E-state index contributed by atoms with van der Waals surface area (Å²) in [5, 5.41) is 5.44. The van der Waals surface area contributed by atoms with Crippen LogP contribution in [0, 0.1) is 12.8 Å². The van der Waals surface area contributed by atoms with Gasteiger partial charge in [-0.05, 0) is 43.5 Å². The van der Waals surface area contributed by atoms with E-state index in [-0.39, 0.29) is 17.9 Å². The van der Waals surface area contributed by atoms with E-state index >= 15 is 0 Å². The lowest BCUT2D eigenvalue weighted by molar-refractivity contribution is -0.131. The number of amides is 3. The topological polar surface area (TPSA) is 102 Å². The zero-order chi connectivity index (χ0) is 17.8. The van der Waals surface area contributed by atoms with Crippen molar-refractivity contribution in [3.05, 3.63) is 30.1 Å². The van der Waals surface area contributed by atoms with E-state index in [4.69, 9.17) is 9.47 Å². The molecule has 0 atom stereocenters. The fourth-order valence-electron chi connectivity index (χ4n) is 2.49. The Morgan fingerprint density at radius 3 is 2.76 bits per heavy atom. The number of anilines is 1. The summed E-state index contributed by atoms with van der Waals surface area (Å²) < 4.78 is 14.6. The Labute approximate surface area is 148 Å². The Bertz CT molecular complexity index is 760. The molecule has 0 unspecified atom stereocenters. The first kappa shape index (κ1) is 17.3. The van der Waals surface area contributed by atoms with Gasteiger partial charge < -0.3 is 14.8 Å². The predicted molar refractivity (Wildman–Crippen MR) is 91.8 cm³/mol. The summed E-state index contributed by atoms with van der Waals surface area (Å²) in [5.74, 6) is 0.178. The fraction of sp³-hybridized carbons (Fsp3) is 0.375. The van der Waals surface area contributed by atoms with Crippen LogP contribution in [0.25, 0.3) is 0 Å². The summed E-state index contributed by atoms with van der Waals surface area (Å²) in [4.78, 5) is 27.8. The van der Waals surface area contributed by atoms with Crippen LogP contribution in [0.5, 0.6) is 10.9 Å². The van der Waals surface area contributed by atoms with E-state index in [0.717, 1.165) is 17.1 Å². The van der Waals surface area contributed by atoms with Crippen LogP contribution in [0.4, 0.5) is 10.5 Å². The average molecular weight is 362 g/mol. The van der Waals surface area contributed by atoms with E-state index in [9.17, 15) is 9.59 Å². The van der Waals surface area contributed by atoms with Gasteiger partial charge in [-0.1, -0.05) is 0 Å². The van der Waals surface area contributed by atoms with Crippen molar-refractivity contribution in [3.63, 3.8) is 0 Å². The maximum atomic E-state index is 11.9. The van der Waals surface area contributed by atoms with E-state index in [0.29, 0.717) is 29.5 Å². The third-order valence-electron chi connectivity index (χ3n) is 4.01. The highest BCUT2D eigenvalue weighted by Crippen LogP contribution is 2.30. The van der Waals surface area contributed by atoms with Gasteiger partial charge in [-0.15, -0.1) is 0 Å². The van der Waals surface area contributed by atoms with Crippen LogP contribution in [0.1, 0.15) is 18.4 Å². The monoisotopic (exact) mass is 362 g/mol. The van der Waals surface area contributed by atoms with Crippen LogP contribution < -0.4 is 15.4 Å². The minimum Gasteiger partial charge on any atom is -0.430 e. The largest absolute Gasteiger partial charge is 0.430 e. The fourth-order valence-corrected chi connectivity index (χ4v) is 2.90. The lowest BCUT2D eigenvalue weighted by Crippen LogP contribution is -2.45. The number of hydrogen-bond acceptors (Lipinski definition) is 7. The summed E-state index contributed by atoms with van der Waals surface area (Å²) in [6.45, 7) is 1.85. The van der Waals surface area contributed by atoms with Crippen molar-refractivity contribution in [2.75, 3.05) is 12.4 Å². The van der Waals surface area contributed by atoms with Crippen molar-refractivity contribution in [1.29, 1.82) is 0 Å². The highest BCUT2D eigenvalue weighted by Gasteiger charge is 2.35. The molecule has 132 valence electrons. The van der Waals surface area contributed by atoms with Gasteiger partial charge in [0.2, 0.25) is 5.91 Å². The summed E-state index contributed by atoms with van der Waals surface area (Å²) in [6, 6.07) is 4.62. The van der Waals surface area contributed by atoms with Crippen molar-refractivity contribution < 1.29 is 19.1 Å².